The largest absolute Gasteiger partial charge is 0.276 e. The number of benzene rings is 5. The van der Waals surface area contributed by atoms with Crippen molar-refractivity contribution in [3.63, 3.8) is 0 Å². The third-order valence-electron chi connectivity index (χ3n) is 7.56. The van der Waals surface area contributed by atoms with Crippen molar-refractivity contribution < 1.29 is 0 Å². The van der Waals surface area contributed by atoms with Gasteiger partial charge in [0.25, 0.3) is 5.56 Å². The summed E-state index contributed by atoms with van der Waals surface area (Å²) in [4.78, 5) is 18.7. The SMILES string of the molecule is O=c1c2ccc(C3=CC(c4ccccc4)NN3c3ccccc3)c3cccc(c32)c2nc3ccccc3n12. The van der Waals surface area contributed by atoms with E-state index in [2.05, 4.69) is 77.2 Å². The Morgan fingerprint density at radius 1 is 0.684 bits per heavy atom. The van der Waals surface area contributed by atoms with Crippen molar-refractivity contribution in [1.29, 1.82) is 0 Å². The normalized spacial score (nSPS) is 15.7. The molecular weight excluding hydrogens is 468 g/mol. The molecule has 0 saturated heterocycles. The molecule has 2 aromatic heterocycles. The lowest BCUT2D eigenvalue weighted by molar-refractivity contribution is 0.674. The Labute approximate surface area is 218 Å². The summed E-state index contributed by atoms with van der Waals surface area (Å²) in [6, 6.07) is 38.9. The van der Waals surface area contributed by atoms with Crippen molar-refractivity contribution in [2.24, 2.45) is 0 Å². The van der Waals surface area contributed by atoms with Crippen LogP contribution in [0.1, 0.15) is 17.2 Å². The highest BCUT2D eigenvalue weighted by atomic mass is 16.1. The van der Waals surface area contributed by atoms with Gasteiger partial charge in [0.15, 0.2) is 0 Å². The van der Waals surface area contributed by atoms with E-state index in [0.29, 0.717) is 11.0 Å². The van der Waals surface area contributed by atoms with E-state index in [4.69, 9.17) is 4.98 Å². The monoisotopic (exact) mass is 490 g/mol. The molecule has 1 unspecified atom stereocenters. The van der Waals surface area contributed by atoms with E-state index in [1.807, 2.05) is 54.6 Å². The van der Waals surface area contributed by atoms with Crippen LogP contribution in [0.3, 0.4) is 0 Å². The van der Waals surface area contributed by atoms with E-state index in [0.717, 1.165) is 44.1 Å². The maximum absolute atomic E-state index is 13.8. The zero-order chi connectivity index (χ0) is 25.2. The summed E-state index contributed by atoms with van der Waals surface area (Å²) in [5, 5.41) is 5.82. The average molecular weight is 491 g/mol. The molecule has 0 spiro atoms. The standard InChI is InChI=1S/C33H22N4O/c38-33-26-19-18-23(24-14-9-15-25(31(24)26)32-34-27-16-7-8-17-29(27)36(32)33)30-20-28(21-10-3-1-4-11-21)35-37(30)22-12-5-2-6-13-22/h1-20,28,35H. The number of para-hydroxylation sites is 3. The maximum atomic E-state index is 13.8. The van der Waals surface area contributed by atoms with Gasteiger partial charge in [0.2, 0.25) is 0 Å². The predicted octanol–water partition coefficient (Wildman–Crippen LogP) is 6.70. The number of nitrogens with one attached hydrogen (secondary N) is 1. The molecule has 5 nitrogen and oxygen atoms in total. The minimum absolute atomic E-state index is 0.0167. The number of nitrogens with zero attached hydrogens (tertiary/aromatic N) is 3. The fourth-order valence-electron chi connectivity index (χ4n) is 5.84. The van der Waals surface area contributed by atoms with Crippen LogP contribution in [0.15, 0.2) is 126 Å². The van der Waals surface area contributed by atoms with Crippen LogP contribution >= 0.6 is 0 Å². The van der Waals surface area contributed by atoms with Crippen LogP contribution in [0, 0.1) is 0 Å². The molecule has 1 atom stereocenters. The van der Waals surface area contributed by atoms with E-state index in [9.17, 15) is 4.79 Å². The lowest BCUT2D eigenvalue weighted by Gasteiger charge is -2.25. The molecule has 0 saturated carbocycles. The van der Waals surface area contributed by atoms with Gasteiger partial charge in [-0.15, -0.1) is 0 Å². The smallest absolute Gasteiger partial charge is 0.264 e. The summed E-state index contributed by atoms with van der Waals surface area (Å²) >= 11 is 0. The molecule has 0 fully saturated rings. The zero-order valence-corrected chi connectivity index (χ0v) is 20.4. The molecule has 5 heteroatoms. The van der Waals surface area contributed by atoms with Crippen LogP contribution in [0.2, 0.25) is 0 Å². The van der Waals surface area contributed by atoms with Gasteiger partial charge in [-0.1, -0.05) is 84.9 Å². The van der Waals surface area contributed by atoms with Gasteiger partial charge in [0, 0.05) is 21.7 Å². The Morgan fingerprint density at radius 2 is 1.42 bits per heavy atom. The van der Waals surface area contributed by atoms with Crippen LogP contribution in [0.5, 0.6) is 0 Å². The first-order valence-electron chi connectivity index (χ1n) is 12.7. The summed E-state index contributed by atoms with van der Waals surface area (Å²) in [5.41, 5.74) is 10.4. The first kappa shape index (κ1) is 21.1. The summed E-state index contributed by atoms with van der Waals surface area (Å²) in [5.74, 6) is 0. The van der Waals surface area contributed by atoms with Gasteiger partial charge in [-0.05, 0) is 47.4 Å². The molecule has 38 heavy (non-hydrogen) atoms. The number of aromatic nitrogens is 2. The fraction of sp³-hybridized carbons (Fsp3) is 0.0303. The summed E-state index contributed by atoms with van der Waals surface area (Å²) in [7, 11) is 0. The van der Waals surface area contributed by atoms with E-state index in [-0.39, 0.29) is 11.6 Å². The van der Waals surface area contributed by atoms with Crippen LogP contribution in [-0.2, 0) is 0 Å². The second-order valence-electron chi connectivity index (χ2n) is 9.69. The molecule has 0 bridgehead atoms. The molecule has 1 aliphatic rings. The molecular formula is C33H22N4O. The van der Waals surface area contributed by atoms with Gasteiger partial charge in [-0.25, -0.2) is 10.4 Å². The highest BCUT2D eigenvalue weighted by Gasteiger charge is 2.28. The number of imidazole rings is 1. The Balaban J connectivity index is 1.42. The number of hydrogen-bond acceptors (Lipinski definition) is 4. The molecule has 0 amide bonds. The van der Waals surface area contributed by atoms with Gasteiger partial charge in [-0.3, -0.25) is 14.2 Å². The van der Waals surface area contributed by atoms with Crippen LogP contribution < -0.4 is 16.0 Å². The van der Waals surface area contributed by atoms with E-state index >= 15 is 0 Å². The molecule has 0 aliphatic carbocycles. The molecule has 3 heterocycles. The molecule has 0 radical (unpaired) electrons. The van der Waals surface area contributed by atoms with Gasteiger partial charge in [0.1, 0.15) is 5.65 Å². The summed E-state index contributed by atoms with van der Waals surface area (Å²) in [6.45, 7) is 0. The second kappa shape index (κ2) is 8.00. The number of pyridine rings is 1. The lowest BCUT2D eigenvalue weighted by atomic mass is 9.95. The number of anilines is 1. The van der Waals surface area contributed by atoms with Gasteiger partial charge >= 0.3 is 0 Å². The summed E-state index contributed by atoms with van der Waals surface area (Å²) < 4.78 is 1.75. The molecule has 1 aliphatic heterocycles. The summed E-state index contributed by atoms with van der Waals surface area (Å²) in [6.07, 6.45) is 2.27. The first-order valence-corrected chi connectivity index (χ1v) is 12.7. The van der Waals surface area contributed by atoms with Crippen molar-refractivity contribution in [1.82, 2.24) is 14.8 Å². The van der Waals surface area contributed by atoms with Crippen molar-refractivity contribution in [3.05, 3.63) is 143 Å². The lowest BCUT2D eigenvalue weighted by Crippen LogP contribution is -2.33. The van der Waals surface area contributed by atoms with Crippen LogP contribution in [0.4, 0.5) is 5.69 Å². The molecule has 8 rings (SSSR count). The third-order valence-corrected chi connectivity index (χ3v) is 7.56. The van der Waals surface area contributed by atoms with Gasteiger partial charge in [0.05, 0.1) is 28.5 Å². The second-order valence-corrected chi connectivity index (χ2v) is 9.69. The Bertz CT molecular complexity index is 2080. The number of rotatable bonds is 3. The van der Waals surface area contributed by atoms with Crippen molar-refractivity contribution in [2.75, 3.05) is 5.01 Å². The molecule has 1 N–H and O–H groups in total. The van der Waals surface area contributed by atoms with E-state index < -0.39 is 0 Å². The number of hydrazine groups is 1. The first-order chi connectivity index (χ1) is 18.8. The average Bonchev–Trinajstić information content (AvgIpc) is 3.59. The molecule has 7 aromatic rings. The Morgan fingerprint density at radius 3 is 2.26 bits per heavy atom. The Kier molecular flexibility index (Phi) is 4.45. The minimum Gasteiger partial charge on any atom is -0.276 e. The van der Waals surface area contributed by atoms with E-state index in [1.165, 1.54) is 5.56 Å². The van der Waals surface area contributed by atoms with Gasteiger partial charge in [-0.2, -0.15) is 0 Å². The van der Waals surface area contributed by atoms with Gasteiger partial charge < -0.3 is 0 Å². The van der Waals surface area contributed by atoms with Crippen molar-refractivity contribution in [3.8, 4) is 0 Å². The molecule has 180 valence electrons. The number of fused-ring (bicyclic) bond motifs is 4. The van der Waals surface area contributed by atoms with Crippen LogP contribution in [-0.4, -0.2) is 9.38 Å². The van der Waals surface area contributed by atoms with Crippen molar-refractivity contribution >= 4 is 49.6 Å². The number of hydrogen-bond donors (Lipinski definition) is 1. The minimum atomic E-state index is -0.0374. The third kappa shape index (κ3) is 2.97. The highest BCUT2D eigenvalue weighted by molar-refractivity contribution is 6.18. The van der Waals surface area contributed by atoms with Crippen LogP contribution in [0.25, 0.3) is 43.9 Å². The fourth-order valence-corrected chi connectivity index (χ4v) is 5.84. The predicted molar refractivity (Wildman–Crippen MR) is 154 cm³/mol. The molecule has 5 aromatic carbocycles. The Hall–Kier alpha value is -5.00. The highest BCUT2D eigenvalue weighted by Crippen LogP contribution is 2.39. The van der Waals surface area contributed by atoms with E-state index in [1.54, 1.807) is 4.40 Å². The zero-order valence-electron chi connectivity index (χ0n) is 20.4. The quantitative estimate of drug-likeness (QED) is 0.300. The maximum Gasteiger partial charge on any atom is 0.264 e. The van der Waals surface area contributed by atoms with Crippen molar-refractivity contribution in [2.45, 2.75) is 6.04 Å². The topological polar surface area (TPSA) is 49.6 Å².